The van der Waals surface area contributed by atoms with Crippen molar-refractivity contribution in [2.45, 2.75) is 6.61 Å². The van der Waals surface area contributed by atoms with E-state index in [2.05, 4.69) is 15.9 Å². The van der Waals surface area contributed by atoms with E-state index >= 15 is 0 Å². The Morgan fingerprint density at radius 2 is 1.94 bits per heavy atom. The summed E-state index contributed by atoms with van der Waals surface area (Å²) >= 11 is 3.07. The standard InChI is InChI=1S/C13H11BrFNO2/c14-9-5-13(11(16)6-10(9)15)18-12-4-2-1-3-8(12)7-17/h1-6,17H,7,16H2. The Morgan fingerprint density at radius 1 is 1.22 bits per heavy atom. The molecule has 0 aliphatic rings. The number of aliphatic hydroxyl groups is 1. The molecule has 0 saturated heterocycles. The highest BCUT2D eigenvalue weighted by Gasteiger charge is 2.10. The minimum absolute atomic E-state index is 0.140. The van der Waals surface area contributed by atoms with Crippen LogP contribution in [-0.2, 0) is 6.61 Å². The van der Waals surface area contributed by atoms with Crippen LogP contribution in [-0.4, -0.2) is 5.11 Å². The van der Waals surface area contributed by atoms with Crippen LogP contribution in [0.4, 0.5) is 10.1 Å². The zero-order valence-electron chi connectivity index (χ0n) is 9.36. The van der Waals surface area contributed by atoms with E-state index < -0.39 is 5.82 Å². The van der Waals surface area contributed by atoms with E-state index in [9.17, 15) is 9.50 Å². The Kier molecular flexibility index (Phi) is 3.84. The number of ether oxygens (including phenoxy) is 1. The third-order valence-corrected chi connectivity index (χ3v) is 3.02. The molecule has 2 rings (SSSR count). The van der Waals surface area contributed by atoms with E-state index in [1.54, 1.807) is 24.3 Å². The van der Waals surface area contributed by atoms with E-state index in [0.717, 1.165) is 0 Å². The highest BCUT2D eigenvalue weighted by molar-refractivity contribution is 9.10. The van der Waals surface area contributed by atoms with E-state index in [1.807, 2.05) is 0 Å². The normalized spacial score (nSPS) is 10.4. The van der Waals surface area contributed by atoms with Crippen molar-refractivity contribution in [2.24, 2.45) is 0 Å². The highest BCUT2D eigenvalue weighted by Crippen LogP contribution is 2.33. The van der Waals surface area contributed by atoms with E-state index in [-0.39, 0.29) is 16.8 Å². The molecule has 0 aromatic heterocycles. The average molecular weight is 312 g/mol. The minimum atomic E-state index is -0.449. The van der Waals surface area contributed by atoms with Gasteiger partial charge in [-0.05, 0) is 22.0 Å². The average Bonchev–Trinajstić information content (AvgIpc) is 2.36. The fourth-order valence-corrected chi connectivity index (χ4v) is 1.81. The van der Waals surface area contributed by atoms with Gasteiger partial charge >= 0.3 is 0 Å². The Labute approximate surface area is 112 Å². The summed E-state index contributed by atoms with van der Waals surface area (Å²) in [5, 5.41) is 9.18. The molecule has 3 nitrogen and oxygen atoms in total. The predicted molar refractivity (Wildman–Crippen MR) is 71.0 cm³/mol. The fraction of sp³-hybridized carbons (Fsp3) is 0.0769. The summed E-state index contributed by atoms with van der Waals surface area (Å²) in [5.41, 5.74) is 6.52. The summed E-state index contributed by atoms with van der Waals surface area (Å²) in [4.78, 5) is 0. The molecule has 94 valence electrons. The van der Waals surface area contributed by atoms with Crippen LogP contribution in [0.25, 0.3) is 0 Å². The second kappa shape index (κ2) is 5.37. The lowest BCUT2D eigenvalue weighted by Crippen LogP contribution is -1.96. The molecule has 0 bridgehead atoms. The monoisotopic (exact) mass is 311 g/mol. The number of hydrogen-bond donors (Lipinski definition) is 2. The largest absolute Gasteiger partial charge is 0.455 e. The zero-order valence-corrected chi connectivity index (χ0v) is 10.9. The first-order valence-corrected chi connectivity index (χ1v) is 6.02. The minimum Gasteiger partial charge on any atom is -0.455 e. The van der Waals surface area contributed by atoms with Gasteiger partial charge in [0.25, 0.3) is 0 Å². The smallest absolute Gasteiger partial charge is 0.151 e. The molecule has 5 heteroatoms. The Balaban J connectivity index is 2.37. The summed E-state index contributed by atoms with van der Waals surface area (Å²) in [6.45, 7) is -0.140. The van der Waals surface area contributed by atoms with Crippen molar-refractivity contribution in [2.75, 3.05) is 5.73 Å². The second-order valence-electron chi connectivity index (χ2n) is 3.67. The second-order valence-corrected chi connectivity index (χ2v) is 4.53. The van der Waals surface area contributed by atoms with Crippen molar-refractivity contribution in [3.63, 3.8) is 0 Å². The number of nitrogens with two attached hydrogens (primary N) is 1. The molecule has 0 unspecified atom stereocenters. The van der Waals surface area contributed by atoms with Gasteiger partial charge in [0.05, 0.1) is 16.8 Å². The zero-order chi connectivity index (χ0) is 13.1. The van der Waals surface area contributed by atoms with Crippen molar-refractivity contribution in [1.29, 1.82) is 0 Å². The van der Waals surface area contributed by atoms with E-state index in [4.69, 9.17) is 10.5 Å². The van der Waals surface area contributed by atoms with Crippen molar-refractivity contribution in [3.8, 4) is 11.5 Å². The summed E-state index contributed by atoms with van der Waals surface area (Å²) < 4.78 is 19.1. The number of para-hydroxylation sites is 1. The van der Waals surface area contributed by atoms with Crippen LogP contribution in [0.2, 0.25) is 0 Å². The molecule has 3 N–H and O–H groups in total. The van der Waals surface area contributed by atoms with Gasteiger partial charge in [0.1, 0.15) is 11.6 Å². The maximum atomic E-state index is 13.2. The third-order valence-electron chi connectivity index (χ3n) is 2.42. The molecular formula is C13H11BrFNO2. The Hall–Kier alpha value is -1.59. The van der Waals surface area contributed by atoms with Crippen LogP contribution in [0.3, 0.4) is 0 Å². The van der Waals surface area contributed by atoms with Crippen molar-refractivity contribution < 1.29 is 14.2 Å². The van der Waals surface area contributed by atoms with E-state index in [1.165, 1.54) is 12.1 Å². The lowest BCUT2D eigenvalue weighted by atomic mass is 10.2. The van der Waals surface area contributed by atoms with Crippen LogP contribution in [0.1, 0.15) is 5.56 Å². The first kappa shape index (κ1) is 12.9. The molecule has 2 aromatic carbocycles. The van der Waals surface area contributed by atoms with Crippen LogP contribution < -0.4 is 10.5 Å². The topological polar surface area (TPSA) is 55.5 Å². The molecule has 0 aliphatic heterocycles. The number of rotatable bonds is 3. The molecule has 2 aromatic rings. The summed E-state index contributed by atoms with van der Waals surface area (Å²) in [6, 6.07) is 9.66. The fourth-order valence-electron chi connectivity index (χ4n) is 1.48. The predicted octanol–water partition coefficient (Wildman–Crippen LogP) is 3.46. The Morgan fingerprint density at radius 3 is 2.67 bits per heavy atom. The SMILES string of the molecule is Nc1cc(F)c(Br)cc1Oc1ccccc1CO. The van der Waals surface area contributed by atoms with Crippen LogP contribution >= 0.6 is 15.9 Å². The van der Waals surface area contributed by atoms with Gasteiger partial charge in [0, 0.05) is 17.7 Å². The van der Waals surface area contributed by atoms with Gasteiger partial charge in [0.2, 0.25) is 0 Å². The number of benzene rings is 2. The van der Waals surface area contributed by atoms with Gasteiger partial charge in [-0.2, -0.15) is 0 Å². The van der Waals surface area contributed by atoms with Crippen LogP contribution in [0.15, 0.2) is 40.9 Å². The van der Waals surface area contributed by atoms with Crippen molar-refractivity contribution >= 4 is 21.6 Å². The lowest BCUT2D eigenvalue weighted by Gasteiger charge is -2.12. The molecular weight excluding hydrogens is 301 g/mol. The lowest BCUT2D eigenvalue weighted by molar-refractivity contribution is 0.276. The summed E-state index contributed by atoms with van der Waals surface area (Å²) in [7, 11) is 0. The molecule has 0 atom stereocenters. The molecule has 0 radical (unpaired) electrons. The molecule has 18 heavy (non-hydrogen) atoms. The van der Waals surface area contributed by atoms with Crippen LogP contribution in [0, 0.1) is 5.82 Å². The number of hydrogen-bond acceptors (Lipinski definition) is 3. The Bertz CT molecular complexity index is 575. The van der Waals surface area contributed by atoms with Gasteiger partial charge < -0.3 is 15.6 Å². The molecule has 0 amide bonds. The number of halogens is 2. The van der Waals surface area contributed by atoms with Crippen molar-refractivity contribution in [3.05, 3.63) is 52.3 Å². The number of anilines is 1. The van der Waals surface area contributed by atoms with Gasteiger partial charge in [-0.25, -0.2) is 4.39 Å². The molecule has 0 heterocycles. The van der Waals surface area contributed by atoms with Gasteiger partial charge in [-0.3, -0.25) is 0 Å². The summed E-state index contributed by atoms with van der Waals surface area (Å²) in [6.07, 6.45) is 0. The number of aliphatic hydroxyl groups excluding tert-OH is 1. The first-order chi connectivity index (χ1) is 8.61. The molecule has 0 fully saturated rings. The highest BCUT2D eigenvalue weighted by atomic mass is 79.9. The van der Waals surface area contributed by atoms with Gasteiger partial charge in [-0.15, -0.1) is 0 Å². The van der Waals surface area contributed by atoms with Gasteiger partial charge in [0.15, 0.2) is 5.75 Å². The summed E-state index contributed by atoms with van der Waals surface area (Å²) in [5.74, 6) is 0.379. The maximum absolute atomic E-state index is 13.2. The molecule has 0 spiro atoms. The third kappa shape index (κ3) is 2.63. The van der Waals surface area contributed by atoms with E-state index in [0.29, 0.717) is 17.1 Å². The quantitative estimate of drug-likeness (QED) is 0.854. The first-order valence-electron chi connectivity index (χ1n) is 5.23. The maximum Gasteiger partial charge on any atom is 0.151 e. The van der Waals surface area contributed by atoms with Gasteiger partial charge in [-0.1, -0.05) is 18.2 Å². The number of nitrogen functional groups attached to an aromatic ring is 1. The molecule has 0 saturated carbocycles. The van der Waals surface area contributed by atoms with Crippen LogP contribution in [0.5, 0.6) is 11.5 Å². The van der Waals surface area contributed by atoms with Crippen molar-refractivity contribution in [1.82, 2.24) is 0 Å². The molecule has 0 aliphatic carbocycles.